The molecule has 170 valence electrons. The van der Waals surface area contributed by atoms with E-state index in [4.69, 9.17) is 22.4 Å². The first kappa shape index (κ1) is 21.1. The van der Waals surface area contributed by atoms with Gasteiger partial charge in [0.15, 0.2) is 7.15 Å². The highest BCUT2D eigenvalue weighted by molar-refractivity contribution is 6.26. The fraction of sp³-hybridized carbons (Fsp3) is 0.696. The molecule has 0 aromatic heterocycles. The van der Waals surface area contributed by atoms with Crippen molar-refractivity contribution < 1.29 is 34.7 Å². The van der Waals surface area contributed by atoms with E-state index in [1.54, 1.807) is 26.8 Å². The van der Waals surface area contributed by atoms with Crippen molar-refractivity contribution in [2.24, 2.45) is 28.6 Å². The van der Waals surface area contributed by atoms with Crippen molar-refractivity contribution in [3.05, 3.63) is 23.8 Å². The van der Waals surface area contributed by atoms with E-state index in [0.29, 0.717) is 6.42 Å². The van der Waals surface area contributed by atoms with Crippen LogP contribution in [0, 0.1) is 28.6 Å². The number of alkyl halides is 2. The van der Waals surface area contributed by atoms with Crippen LogP contribution in [0.2, 0.25) is 0 Å². The average Bonchev–Trinajstić information content (AvgIpc) is 2.92. The largest absolute Gasteiger partial charge is 0.466 e. The quantitative estimate of drug-likeness (QED) is 0.390. The third kappa shape index (κ3) is 2.45. The molecule has 0 bridgehead atoms. The Morgan fingerprint density at radius 2 is 2.06 bits per heavy atom. The molecule has 4 rings (SSSR count). The van der Waals surface area contributed by atoms with Gasteiger partial charge < -0.3 is 14.6 Å². The number of esters is 1. The Kier molecular flexibility index (Phi) is 4.69. The van der Waals surface area contributed by atoms with Gasteiger partial charge in [0.25, 0.3) is 6.45 Å². The van der Waals surface area contributed by atoms with Crippen LogP contribution in [0.1, 0.15) is 41.4 Å². The second-order valence-electron chi connectivity index (χ2n) is 9.91. The van der Waals surface area contributed by atoms with Gasteiger partial charge in [-0.3, -0.25) is 9.59 Å². The molecule has 9 atom stereocenters. The predicted molar refractivity (Wildman–Crippen MR) is 110 cm³/mol. The number of carbonyl (C=O) groups is 3. The third-order valence-electron chi connectivity index (χ3n) is 8.86. The number of ether oxygens (including phenoxy) is 2. The van der Waals surface area contributed by atoms with Crippen LogP contribution in [-0.4, -0.2) is 53.2 Å². The van der Waals surface area contributed by atoms with E-state index in [0.717, 1.165) is 0 Å². The van der Waals surface area contributed by atoms with Crippen molar-refractivity contribution in [1.29, 1.82) is 0 Å². The van der Waals surface area contributed by atoms with Crippen LogP contribution in [0.3, 0.4) is 0 Å². The number of halogens is 2. The maximum atomic E-state index is 15.5. The lowest BCUT2D eigenvalue weighted by Gasteiger charge is -2.64. The van der Waals surface area contributed by atoms with E-state index >= 15 is 4.39 Å². The Balaban J connectivity index is 1.89. The Labute approximate surface area is 187 Å². The van der Waals surface area contributed by atoms with Crippen LogP contribution >= 0.6 is 11.6 Å². The molecule has 31 heavy (non-hydrogen) atoms. The van der Waals surface area contributed by atoms with Gasteiger partial charge in [0, 0.05) is 16.7 Å². The Bertz CT molecular complexity index is 953. The van der Waals surface area contributed by atoms with Gasteiger partial charge >= 0.3 is 5.97 Å². The lowest BCUT2D eigenvalue weighted by Crippen LogP contribution is -2.70. The molecule has 8 heteroatoms. The summed E-state index contributed by atoms with van der Waals surface area (Å²) < 4.78 is 33.4. The molecular formula is C23H28ClFO6. The van der Waals surface area contributed by atoms with Gasteiger partial charge in [-0.2, -0.15) is 0 Å². The van der Waals surface area contributed by atoms with Crippen molar-refractivity contribution in [3.8, 4) is 0 Å². The van der Waals surface area contributed by atoms with Crippen molar-refractivity contribution in [2.45, 2.75) is 62.8 Å². The second-order valence-corrected chi connectivity index (χ2v) is 10.5. The summed E-state index contributed by atoms with van der Waals surface area (Å²) in [6.07, 6.45) is 0.459. The fourth-order valence-corrected chi connectivity index (χ4v) is 7.93. The van der Waals surface area contributed by atoms with Gasteiger partial charge in [-0.05, 0) is 48.8 Å². The lowest BCUT2D eigenvalue weighted by atomic mass is 9.45. The lowest BCUT2D eigenvalue weighted by molar-refractivity contribution is -0.208. The van der Waals surface area contributed by atoms with Crippen molar-refractivity contribution >= 4 is 29.8 Å². The molecule has 0 saturated heterocycles. The molecule has 4 aliphatic carbocycles. The van der Waals surface area contributed by atoms with Crippen molar-refractivity contribution in [3.63, 3.8) is 0 Å². The highest BCUT2D eigenvalue weighted by Crippen LogP contribution is 2.72. The summed E-state index contributed by atoms with van der Waals surface area (Å²) in [5.41, 5.74) is -3.80. The van der Waals surface area contributed by atoms with E-state index in [2.05, 4.69) is 0 Å². The van der Waals surface area contributed by atoms with Gasteiger partial charge in [0.2, 0.25) is 5.60 Å². The maximum absolute atomic E-state index is 15.5. The molecule has 0 aromatic rings. The third-order valence-corrected chi connectivity index (χ3v) is 9.78. The molecule has 0 aromatic carbocycles. The number of fused-ring (bicyclic) bond motifs is 5. The number of hydrogen-bond donors (Lipinski definition) is 1. The second kappa shape index (κ2) is 6.88. The Morgan fingerprint density at radius 1 is 1.39 bits per heavy atom. The minimum atomic E-state index is -1.80. The van der Waals surface area contributed by atoms with Crippen LogP contribution < -0.4 is 0 Å². The highest BCUT2D eigenvalue weighted by Gasteiger charge is 2.77. The van der Waals surface area contributed by atoms with Gasteiger partial charge in [0.1, 0.15) is 6.17 Å². The SMILES string of the molecule is [3H]C(=O)O[C@]1(C(=O)OC)C(C)CC2C3C[C@H](F)C4=CC(=O)C=C[C@]4(C)[C@@]3(Cl)[C@@H](O)C[C@@]21C. The molecule has 0 heterocycles. The smallest absolute Gasteiger partial charge is 0.351 e. The summed E-state index contributed by atoms with van der Waals surface area (Å²) in [6, 6.07) is 0. The zero-order valence-electron chi connectivity index (χ0n) is 19.0. The van der Waals surface area contributed by atoms with Crippen molar-refractivity contribution in [1.82, 2.24) is 0 Å². The number of rotatable bonds is 2. The number of carbonyl (C=O) groups excluding carboxylic acids is 3. The van der Waals surface area contributed by atoms with Gasteiger partial charge in [-0.25, -0.2) is 9.18 Å². The minimum absolute atomic E-state index is 0.0218. The van der Waals surface area contributed by atoms with Gasteiger partial charge in [-0.15, -0.1) is 11.6 Å². The molecule has 0 spiro atoms. The molecule has 1 N–H and O–H groups in total. The van der Waals surface area contributed by atoms with E-state index in [1.165, 1.54) is 19.3 Å². The molecule has 4 aliphatic rings. The first-order valence-corrected chi connectivity index (χ1v) is 10.9. The van der Waals surface area contributed by atoms with E-state index in [-0.39, 0.29) is 24.2 Å². The molecule has 3 unspecified atom stereocenters. The van der Waals surface area contributed by atoms with E-state index < -0.39 is 63.8 Å². The molecule has 0 aliphatic heterocycles. The van der Waals surface area contributed by atoms with Crippen LogP contribution in [0.4, 0.5) is 4.39 Å². The summed E-state index contributed by atoms with van der Waals surface area (Å²) >= 11 is 7.26. The molecule has 3 saturated carbocycles. The summed E-state index contributed by atoms with van der Waals surface area (Å²) in [5.74, 6) is -2.66. The van der Waals surface area contributed by atoms with Gasteiger partial charge in [-0.1, -0.05) is 26.8 Å². The highest BCUT2D eigenvalue weighted by atomic mass is 35.5. The Hall–Kier alpha value is -1.73. The number of ketones is 1. The first-order valence-electron chi connectivity index (χ1n) is 11.0. The number of hydrogen-bond acceptors (Lipinski definition) is 6. The standard InChI is InChI=1S/C23H28ClFO6/c1-12-7-14-15-9-17(25)16-8-13(27)5-6-20(16,2)22(15,24)18(28)10-21(14,3)23(12,31-11-26)19(29)30-4/h5-6,8,11-12,14-15,17-18,28H,7,9-10H2,1-4H3/t12?,14?,15?,17-,18-,20-,21-,22-,23-/m0/s1/i11T. The molecular weight excluding hydrogens is 427 g/mol. The van der Waals surface area contributed by atoms with E-state index in [9.17, 15) is 19.5 Å². The minimum Gasteiger partial charge on any atom is -0.466 e. The summed E-state index contributed by atoms with van der Waals surface area (Å²) in [6.45, 7) is 5.19. The van der Waals surface area contributed by atoms with Crippen LogP contribution in [-0.2, 0) is 23.9 Å². The predicted octanol–water partition coefficient (Wildman–Crippen LogP) is 2.91. The normalized spacial score (nSPS) is 51.1. The number of allylic oxidation sites excluding steroid dienone is 4. The number of aliphatic hydroxyl groups excluding tert-OH is 1. The fourth-order valence-electron chi connectivity index (χ4n) is 7.44. The molecule has 3 fully saturated rings. The Morgan fingerprint density at radius 3 is 2.68 bits per heavy atom. The zero-order chi connectivity index (χ0) is 23.9. The summed E-state index contributed by atoms with van der Waals surface area (Å²) in [4.78, 5) is 35.5. The van der Waals surface area contributed by atoms with Gasteiger partial charge in [0.05, 0.1) is 18.1 Å². The molecule has 0 radical (unpaired) electrons. The maximum Gasteiger partial charge on any atom is 0.351 e. The van der Waals surface area contributed by atoms with Crippen LogP contribution in [0.5, 0.6) is 0 Å². The monoisotopic (exact) mass is 456 g/mol. The molecule has 0 amide bonds. The molecule has 6 nitrogen and oxygen atoms in total. The van der Waals surface area contributed by atoms with Crippen LogP contribution in [0.15, 0.2) is 23.8 Å². The zero-order valence-corrected chi connectivity index (χ0v) is 18.7. The number of aliphatic hydroxyl groups is 1. The topological polar surface area (TPSA) is 89.9 Å². The van der Waals surface area contributed by atoms with Crippen molar-refractivity contribution in [2.75, 3.05) is 7.11 Å². The summed E-state index contributed by atoms with van der Waals surface area (Å²) in [7, 11) is 1.18. The number of methoxy groups -OCH3 is 1. The first-order chi connectivity index (χ1) is 14.8. The summed E-state index contributed by atoms with van der Waals surface area (Å²) in [5, 5.41) is 11.5. The van der Waals surface area contributed by atoms with E-state index in [1.807, 2.05) is 0 Å². The average molecular weight is 457 g/mol. The van der Waals surface area contributed by atoms with Crippen LogP contribution in [0.25, 0.3) is 0 Å².